The van der Waals surface area contributed by atoms with Gasteiger partial charge in [0.05, 0.1) is 0 Å². The maximum Gasteiger partial charge on any atom is 0.123 e. The number of benzene rings is 1. The third kappa shape index (κ3) is 5.99. The number of β-amino-alcohol motifs (C(OH)–C–C–N with tert-alkyl or cyclic N) is 1. The van der Waals surface area contributed by atoms with E-state index in [2.05, 4.69) is 43.9 Å². The predicted octanol–water partition coefficient (Wildman–Crippen LogP) is -0.0891. The summed E-state index contributed by atoms with van der Waals surface area (Å²) in [5.74, 6) is 3.68. The Hall–Kier alpha value is -0.420. The summed E-state index contributed by atoms with van der Waals surface area (Å²) in [5, 5.41) is 10.2. The van der Waals surface area contributed by atoms with Gasteiger partial charge in [0.15, 0.2) is 0 Å². The van der Waals surface area contributed by atoms with E-state index in [9.17, 15) is 5.11 Å². The summed E-state index contributed by atoms with van der Waals surface area (Å²) in [6.45, 7) is 9.63. The van der Waals surface area contributed by atoms with Gasteiger partial charge in [-0.05, 0) is 30.0 Å². The molecule has 1 unspecified atom stereocenters. The van der Waals surface area contributed by atoms with Crippen LogP contribution in [0.25, 0.3) is 0 Å². The van der Waals surface area contributed by atoms with Crippen molar-refractivity contribution in [3.05, 3.63) is 29.3 Å². The van der Waals surface area contributed by atoms with Gasteiger partial charge in [0.25, 0.3) is 0 Å². The molecule has 0 aliphatic carbocycles. The molecule has 1 aromatic rings. The minimum atomic E-state index is -0.423. The lowest BCUT2D eigenvalue weighted by molar-refractivity contribution is -0.00000668. The topological polar surface area (TPSA) is 32.7 Å². The van der Waals surface area contributed by atoms with Gasteiger partial charge >= 0.3 is 0 Å². The summed E-state index contributed by atoms with van der Waals surface area (Å²) >= 11 is 1.99. The van der Waals surface area contributed by atoms with Crippen LogP contribution in [0.3, 0.4) is 0 Å². The predicted molar refractivity (Wildman–Crippen MR) is 90.5 cm³/mol. The van der Waals surface area contributed by atoms with Gasteiger partial charge in [-0.25, -0.2) is 0 Å². The van der Waals surface area contributed by atoms with E-state index in [1.807, 2.05) is 11.8 Å². The second kappa shape index (κ2) is 9.66. The highest BCUT2D eigenvalue weighted by Crippen LogP contribution is 2.27. The van der Waals surface area contributed by atoms with Crippen molar-refractivity contribution in [2.45, 2.75) is 32.8 Å². The largest absolute Gasteiger partial charge is 1.00 e. The molecule has 0 aromatic heterocycles. The number of ether oxygens (including phenoxy) is 1. The Bertz CT molecular complexity index is 450. The van der Waals surface area contributed by atoms with Crippen molar-refractivity contribution in [2.24, 2.45) is 0 Å². The van der Waals surface area contributed by atoms with Crippen LogP contribution >= 0.6 is 11.8 Å². The number of aliphatic hydroxyl groups excluding tert-OH is 1. The summed E-state index contributed by atoms with van der Waals surface area (Å²) in [6, 6.07) is 6.31. The Labute approximate surface area is 144 Å². The van der Waals surface area contributed by atoms with Gasteiger partial charge in [0, 0.05) is 31.1 Å². The molecule has 1 saturated heterocycles. The maximum atomic E-state index is 10.2. The number of nitrogens with zero attached hydrogens (tertiary/aromatic N) is 1. The van der Waals surface area contributed by atoms with Gasteiger partial charge in [0.1, 0.15) is 18.5 Å². The fraction of sp³-hybridized carbons (Fsp3) is 0.647. The minimum absolute atomic E-state index is 0. The van der Waals surface area contributed by atoms with E-state index in [1.54, 1.807) is 0 Å². The van der Waals surface area contributed by atoms with Crippen LogP contribution in [0.5, 0.6) is 5.75 Å². The number of rotatable bonds is 6. The maximum absolute atomic E-state index is 10.2. The molecule has 0 radical (unpaired) electrons. The zero-order valence-electron chi connectivity index (χ0n) is 13.7. The smallest absolute Gasteiger partial charge is 0.123 e. The lowest BCUT2D eigenvalue weighted by atomic mass is 10.0. The van der Waals surface area contributed by atoms with Crippen molar-refractivity contribution in [3.8, 4) is 5.75 Å². The summed E-state index contributed by atoms with van der Waals surface area (Å²) in [4.78, 5) is 2.32. The van der Waals surface area contributed by atoms with Crippen molar-refractivity contribution in [1.29, 1.82) is 0 Å². The lowest BCUT2D eigenvalue weighted by Gasteiger charge is -2.28. The molecule has 0 spiro atoms. The molecule has 1 aliphatic rings. The molecule has 0 amide bonds. The second-order valence-corrected chi connectivity index (χ2v) is 7.30. The van der Waals surface area contributed by atoms with Crippen LogP contribution in [0.1, 0.15) is 30.9 Å². The lowest BCUT2D eigenvalue weighted by Crippen LogP contribution is -3.00. The first-order valence-electron chi connectivity index (χ1n) is 7.77. The van der Waals surface area contributed by atoms with Crippen molar-refractivity contribution in [3.63, 3.8) is 0 Å². The van der Waals surface area contributed by atoms with Gasteiger partial charge in [-0.15, -0.1) is 0 Å². The highest BCUT2D eigenvalue weighted by atomic mass is 35.5. The molecule has 1 aromatic carbocycles. The van der Waals surface area contributed by atoms with Gasteiger partial charge in [-0.3, -0.25) is 4.90 Å². The molecule has 1 fully saturated rings. The second-order valence-electron chi connectivity index (χ2n) is 6.07. The van der Waals surface area contributed by atoms with E-state index in [0.29, 0.717) is 19.1 Å². The molecule has 0 bridgehead atoms. The Morgan fingerprint density at radius 3 is 2.59 bits per heavy atom. The van der Waals surface area contributed by atoms with Crippen LogP contribution < -0.4 is 17.1 Å². The monoisotopic (exact) mass is 344 g/mol. The van der Waals surface area contributed by atoms with E-state index < -0.39 is 6.10 Å². The van der Waals surface area contributed by atoms with Crippen LogP contribution in [-0.4, -0.2) is 53.9 Å². The molecule has 0 saturated carbocycles. The number of hydrogen-bond acceptors (Lipinski definition) is 4. The molecule has 2 rings (SSSR count). The molecular weight excluding hydrogens is 318 g/mol. The zero-order chi connectivity index (χ0) is 15.2. The molecule has 1 heterocycles. The average Bonchev–Trinajstić information content (AvgIpc) is 2.46. The van der Waals surface area contributed by atoms with E-state index in [1.165, 1.54) is 22.6 Å². The summed E-state index contributed by atoms with van der Waals surface area (Å²) in [7, 11) is 0. The van der Waals surface area contributed by atoms with Crippen molar-refractivity contribution >= 4 is 11.8 Å². The van der Waals surface area contributed by atoms with Crippen LogP contribution in [0.15, 0.2) is 18.2 Å². The van der Waals surface area contributed by atoms with Crippen molar-refractivity contribution in [1.82, 2.24) is 4.90 Å². The number of thioether (sulfide) groups is 1. The van der Waals surface area contributed by atoms with Crippen LogP contribution in [0.2, 0.25) is 0 Å². The number of halogens is 1. The Morgan fingerprint density at radius 2 is 1.95 bits per heavy atom. The summed E-state index contributed by atoms with van der Waals surface area (Å²) in [6.07, 6.45) is -0.423. The molecule has 1 N–H and O–H groups in total. The van der Waals surface area contributed by atoms with Gasteiger partial charge < -0.3 is 22.3 Å². The van der Waals surface area contributed by atoms with Crippen molar-refractivity contribution < 1.29 is 22.3 Å². The third-order valence-corrected chi connectivity index (χ3v) is 4.74. The molecule has 1 atom stereocenters. The molecule has 5 heteroatoms. The highest BCUT2D eigenvalue weighted by molar-refractivity contribution is 7.99. The van der Waals surface area contributed by atoms with Crippen molar-refractivity contribution in [2.75, 3.05) is 37.7 Å². The van der Waals surface area contributed by atoms with E-state index in [4.69, 9.17) is 4.74 Å². The first-order chi connectivity index (χ1) is 10.1. The molecule has 22 heavy (non-hydrogen) atoms. The number of aryl methyl sites for hydroxylation is 1. The Kier molecular flexibility index (Phi) is 8.62. The van der Waals surface area contributed by atoms with E-state index in [0.717, 1.165) is 18.8 Å². The molecular formula is C17H27ClNO2S-. The molecule has 3 nitrogen and oxygen atoms in total. The van der Waals surface area contributed by atoms with E-state index >= 15 is 0 Å². The first kappa shape index (κ1) is 19.6. The Morgan fingerprint density at radius 1 is 1.27 bits per heavy atom. The van der Waals surface area contributed by atoms with Crippen LogP contribution in [-0.2, 0) is 0 Å². The van der Waals surface area contributed by atoms with Crippen LogP contribution in [0, 0.1) is 6.92 Å². The summed E-state index contributed by atoms with van der Waals surface area (Å²) < 4.78 is 5.90. The van der Waals surface area contributed by atoms with Gasteiger partial charge in [0.2, 0.25) is 0 Å². The standard InChI is InChI=1S/C17H27NO2S.ClH/c1-13(2)16-5-4-14(3)10-17(16)20-12-15(19)11-18-6-8-21-9-7-18;/h4-5,10,13,15,19H,6-9,11-12H2,1-3H3;1H/p-1. The third-order valence-electron chi connectivity index (χ3n) is 3.79. The van der Waals surface area contributed by atoms with Crippen LogP contribution in [0.4, 0.5) is 0 Å². The fourth-order valence-corrected chi connectivity index (χ4v) is 3.54. The summed E-state index contributed by atoms with van der Waals surface area (Å²) in [5.41, 5.74) is 2.40. The first-order valence-corrected chi connectivity index (χ1v) is 8.93. The number of hydrogen-bond donors (Lipinski definition) is 1. The highest BCUT2D eigenvalue weighted by Gasteiger charge is 2.16. The number of aliphatic hydroxyl groups is 1. The quantitative estimate of drug-likeness (QED) is 0.782. The normalized spacial score (nSPS) is 17.1. The minimum Gasteiger partial charge on any atom is -1.00 e. The van der Waals surface area contributed by atoms with Gasteiger partial charge in [-0.1, -0.05) is 26.0 Å². The van der Waals surface area contributed by atoms with Gasteiger partial charge in [-0.2, -0.15) is 11.8 Å². The average molecular weight is 345 g/mol. The fourth-order valence-electron chi connectivity index (χ4n) is 2.56. The zero-order valence-corrected chi connectivity index (χ0v) is 15.3. The molecule has 126 valence electrons. The Balaban J connectivity index is 0.00000242. The van der Waals surface area contributed by atoms with E-state index in [-0.39, 0.29) is 12.4 Å². The SMILES string of the molecule is Cc1ccc(C(C)C)c(OCC(O)CN2CCSCC2)c1.[Cl-]. The molecule has 1 aliphatic heterocycles.